The van der Waals surface area contributed by atoms with Gasteiger partial charge in [0, 0.05) is 17.8 Å². The first-order valence-corrected chi connectivity index (χ1v) is 7.70. The van der Waals surface area contributed by atoms with Crippen LogP contribution in [0.5, 0.6) is 0 Å². The van der Waals surface area contributed by atoms with Crippen LogP contribution in [0.2, 0.25) is 0 Å². The van der Waals surface area contributed by atoms with E-state index in [2.05, 4.69) is 28.2 Å². The third kappa shape index (κ3) is 5.88. The molecule has 0 spiro atoms. The van der Waals surface area contributed by atoms with Crippen LogP contribution in [0.1, 0.15) is 58.3 Å². The van der Waals surface area contributed by atoms with Crippen molar-refractivity contribution in [2.24, 2.45) is 5.92 Å². The lowest BCUT2D eigenvalue weighted by Gasteiger charge is -2.22. The van der Waals surface area contributed by atoms with E-state index >= 15 is 0 Å². The summed E-state index contributed by atoms with van der Waals surface area (Å²) in [6, 6.07) is 0.327. The summed E-state index contributed by atoms with van der Waals surface area (Å²) in [7, 11) is 0. The maximum absolute atomic E-state index is 11.8. The van der Waals surface area contributed by atoms with Gasteiger partial charge >= 0.3 is 0 Å². The Morgan fingerprint density at radius 1 is 1.38 bits per heavy atom. The highest BCUT2D eigenvalue weighted by Crippen LogP contribution is 2.26. The lowest BCUT2D eigenvalue weighted by atomic mass is 9.87. The second-order valence-electron chi connectivity index (χ2n) is 5.01. The van der Waals surface area contributed by atoms with Gasteiger partial charge in [-0.05, 0) is 38.5 Å². The summed E-state index contributed by atoms with van der Waals surface area (Å²) in [6.45, 7) is 2.10. The van der Waals surface area contributed by atoms with Gasteiger partial charge in [0.1, 0.15) is 0 Å². The highest BCUT2D eigenvalue weighted by molar-refractivity contribution is 9.09. The molecule has 16 heavy (non-hydrogen) atoms. The van der Waals surface area contributed by atoms with Gasteiger partial charge in [-0.1, -0.05) is 35.2 Å². The fraction of sp³-hybridized carbons (Fsp3) is 0.923. The maximum Gasteiger partial charge on any atom is 0.220 e. The van der Waals surface area contributed by atoms with E-state index in [0.717, 1.165) is 24.6 Å². The van der Waals surface area contributed by atoms with Gasteiger partial charge in [-0.15, -0.1) is 0 Å². The van der Waals surface area contributed by atoms with Crippen molar-refractivity contribution in [3.8, 4) is 0 Å². The SMILES string of the molecule is CC(CCCBr)NC(=O)CC1CCCCC1. The number of carbonyl (C=O) groups is 1. The van der Waals surface area contributed by atoms with Crippen molar-refractivity contribution in [3.63, 3.8) is 0 Å². The minimum absolute atomic E-state index is 0.258. The molecule has 1 rings (SSSR count). The molecule has 0 heterocycles. The Balaban J connectivity index is 2.13. The largest absolute Gasteiger partial charge is 0.354 e. The number of hydrogen-bond acceptors (Lipinski definition) is 1. The van der Waals surface area contributed by atoms with Crippen LogP contribution in [0, 0.1) is 5.92 Å². The van der Waals surface area contributed by atoms with Gasteiger partial charge in [0.2, 0.25) is 5.91 Å². The van der Waals surface area contributed by atoms with Crippen molar-refractivity contribution in [2.75, 3.05) is 5.33 Å². The molecule has 1 amide bonds. The van der Waals surface area contributed by atoms with Crippen LogP contribution in [-0.2, 0) is 4.79 Å². The van der Waals surface area contributed by atoms with Gasteiger partial charge in [0.15, 0.2) is 0 Å². The molecular weight excluding hydrogens is 266 g/mol. The third-order valence-electron chi connectivity index (χ3n) is 3.38. The summed E-state index contributed by atoms with van der Waals surface area (Å²) in [4.78, 5) is 11.8. The van der Waals surface area contributed by atoms with Crippen LogP contribution >= 0.6 is 15.9 Å². The Hall–Kier alpha value is -0.0500. The van der Waals surface area contributed by atoms with Crippen molar-refractivity contribution >= 4 is 21.8 Å². The molecule has 1 N–H and O–H groups in total. The highest BCUT2D eigenvalue weighted by Gasteiger charge is 2.17. The van der Waals surface area contributed by atoms with Gasteiger partial charge in [-0.2, -0.15) is 0 Å². The summed E-state index contributed by atoms with van der Waals surface area (Å²) in [5.74, 6) is 0.908. The summed E-state index contributed by atoms with van der Waals surface area (Å²) in [6.07, 6.45) is 9.45. The molecule has 1 aliphatic rings. The number of carbonyl (C=O) groups excluding carboxylic acids is 1. The van der Waals surface area contributed by atoms with Crippen molar-refractivity contribution in [1.29, 1.82) is 0 Å². The predicted octanol–water partition coefficient (Wildman–Crippen LogP) is 3.64. The highest BCUT2D eigenvalue weighted by atomic mass is 79.9. The van der Waals surface area contributed by atoms with E-state index in [1.54, 1.807) is 0 Å². The van der Waals surface area contributed by atoms with Crippen molar-refractivity contribution in [1.82, 2.24) is 5.32 Å². The molecule has 0 aromatic rings. The van der Waals surface area contributed by atoms with Crippen molar-refractivity contribution in [3.05, 3.63) is 0 Å². The molecule has 1 aliphatic carbocycles. The molecule has 0 aromatic heterocycles. The van der Waals surface area contributed by atoms with E-state index in [1.165, 1.54) is 32.1 Å². The Morgan fingerprint density at radius 3 is 2.69 bits per heavy atom. The Kier molecular flexibility index (Phi) is 7.10. The quantitative estimate of drug-likeness (QED) is 0.743. The molecular formula is C13H24BrNO. The summed E-state index contributed by atoms with van der Waals surface area (Å²) < 4.78 is 0. The van der Waals surface area contributed by atoms with Crippen LogP contribution in [0.4, 0.5) is 0 Å². The Labute approximate surface area is 108 Å². The number of halogens is 1. The minimum atomic E-state index is 0.258. The van der Waals surface area contributed by atoms with E-state index in [4.69, 9.17) is 0 Å². The number of rotatable bonds is 6. The van der Waals surface area contributed by atoms with Crippen molar-refractivity contribution in [2.45, 2.75) is 64.3 Å². The molecule has 3 heteroatoms. The lowest BCUT2D eigenvalue weighted by Crippen LogP contribution is -2.34. The first-order chi connectivity index (χ1) is 7.72. The zero-order valence-electron chi connectivity index (χ0n) is 10.3. The van der Waals surface area contributed by atoms with Crippen molar-refractivity contribution < 1.29 is 4.79 Å². The minimum Gasteiger partial charge on any atom is -0.354 e. The molecule has 0 aromatic carbocycles. The smallest absolute Gasteiger partial charge is 0.220 e. The van der Waals surface area contributed by atoms with E-state index in [9.17, 15) is 4.79 Å². The zero-order chi connectivity index (χ0) is 11.8. The molecule has 2 nitrogen and oxygen atoms in total. The molecule has 1 atom stereocenters. The number of amides is 1. The zero-order valence-corrected chi connectivity index (χ0v) is 11.9. The second-order valence-corrected chi connectivity index (χ2v) is 5.80. The number of nitrogens with one attached hydrogen (secondary N) is 1. The summed E-state index contributed by atoms with van der Waals surface area (Å²) in [5, 5.41) is 4.13. The third-order valence-corrected chi connectivity index (χ3v) is 3.94. The second kappa shape index (κ2) is 8.10. The van der Waals surface area contributed by atoms with E-state index < -0.39 is 0 Å². The lowest BCUT2D eigenvalue weighted by molar-refractivity contribution is -0.122. The first-order valence-electron chi connectivity index (χ1n) is 6.57. The van der Waals surface area contributed by atoms with Gasteiger partial charge in [-0.25, -0.2) is 0 Å². The van der Waals surface area contributed by atoms with Gasteiger partial charge in [0.05, 0.1) is 0 Å². The molecule has 0 radical (unpaired) electrons. The summed E-state index contributed by atoms with van der Waals surface area (Å²) in [5.41, 5.74) is 0. The molecule has 1 saturated carbocycles. The first kappa shape index (κ1) is 14.0. The monoisotopic (exact) mass is 289 g/mol. The molecule has 94 valence electrons. The normalized spacial score (nSPS) is 19.4. The number of alkyl halides is 1. The van der Waals surface area contributed by atoms with Gasteiger partial charge < -0.3 is 5.32 Å². The average Bonchev–Trinajstić information content (AvgIpc) is 2.27. The van der Waals surface area contributed by atoms with Crippen LogP contribution in [0.25, 0.3) is 0 Å². The predicted molar refractivity (Wildman–Crippen MR) is 71.8 cm³/mol. The number of hydrogen-bond donors (Lipinski definition) is 1. The van der Waals surface area contributed by atoms with Crippen LogP contribution in [0.3, 0.4) is 0 Å². The molecule has 0 aliphatic heterocycles. The van der Waals surface area contributed by atoms with E-state index in [0.29, 0.717) is 12.0 Å². The van der Waals surface area contributed by atoms with Gasteiger partial charge in [-0.3, -0.25) is 4.79 Å². The topological polar surface area (TPSA) is 29.1 Å². The van der Waals surface area contributed by atoms with Crippen LogP contribution in [0.15, 0.2) is 0 Å². The van der Waals surface area contributed by atoms with E-state index in [-0.39, 0.29) is 5.91 Å². The molecule has 1 unspecified atom stereocenters. The van der Waals surface area contributed by atoms with Crippen LogP contribution in [-0.4, -0.2) is 17.3 Å². The fourth-order valence-electron chi connectivity index (χ4n) is 2.44. The fourth-order valence-corrected chi connectivity index (χ4v) is 2.77. The Morgan fingerprint density at radius 2 is 2.06 bits per heavy atom. The molecule has 0 bridgehead atoms. The maximum atomic E-state index is 11.8. The molecule has 1 fully saturated rings. The van der Waals surface area contributed by atoms with Gasteiger partial charge in [0.25, 0.3) is 0 Å². The molecule has 0 saturated heterocycles. The average molecular weight is 290 g/mol. The Bertz CT molecular complexity index is 202. The van der Waals surface area contributed by atoms with Crippen LogP contribution < -0.4 is 5.32 Å². The standard InChI is InChI=1S/C13H24BrNO/c1-11(6-5-9-14)15-13(16)10-12-7-3-2-4-8-12/h11-12H,2-10H2,1H3,(H,15,16). The van der Waals surface area contributed by atoms with E-state index in [1.807, 2.05) is 0 Å². The summed E-state index contributed by atoms with van der Waals surface area (Å²) >= 11 is 3.41.